The third-order valence-corrected chi connectivity index (χ3v) is 4.22. The van der Waals surface area contributed by atoms with Crippen molar-refractivity contribution in [3.8, 4) is 5.75 Å². The van der Waals surface area contributed by atoms with Crippen LogP contribution in [0.15, 0.2) is 30.3 Å². The number of hydrogen-bond acceptors (Lipinski definition) is 4. The Morgan fingerprint density at radius 2 is 2.13 bits per heavy atom. The van der Waals surface area contributed by atoms with E-state index in [0.717, 1.165) is 23.3 Å². The fourth-order valence-corrected chi connectivity index (χ4v) is 2.88. The number of nitrogens with zero attached hydrogens (tertiary/aromatic N) is 1. The molecule has 1 amide bonds. The summed E-state index contributed by atoms with van der Waals surface area (Å²) >= 11 is 0. The summed E-state index contributed by atoms with van der Waals surface area (Å²) in [5.74, 6) is 0.771. The lowest BCUT2D eigenvalue weighted by Gasteiger charge is -2.22. The summed E-state index contributed by atoms with van der Waals surface area (Å²) in [4.78, 5) is 14.5. The first-order valence-electron chi connectivity index (χ1n) is 7.74. The summed E-state index contributed by atoms with van der Waals surface area (Å²) < 4.78 is 15.9. The van der Waals surface area contributed by atoms with Gasteiger partial charge in [0.2, 0.25) is 5.91 Å². The van der Waals surface area contributed by atoms with Crippen LogP contribution in [0.2, 0.25) is 0 Å². The third kappa shape index (κ3) is 4.33. The largest absolute Gasteiger partial charge is 0.497 e. The van der Waals surface area contributed by atoms with E-state index in [1.807, 2.05) is 36.1 Å². The van der Waals surface area contributed by atoms with Crippen LogP contribution in [0.3, 0.4) is 0 Å². The molecule has 2 atom stereocenters. The van der Waals surface area contributed by atoms with Gasteiger partial charge in [0.05, 0.1) is 25.9 Å². The molecule has 0 bridgehead atoms. The summed E-state index contributed by atoms with van der Waals surface area (Å²) in [5, 5.41) is 0. The van der Waals surface area contributed by atoms with Gasteiger partial charge < -0.3 is 19.1 Å². The second kappa shape index (κ2) is 8.13. The van der Waals surface area contributed by atoms with Crippen molar-refractivity contribution in [1.29, 1.82) is 0 Å². The minimum Gasteiger partial charge on any atom is -0.497 e. The van der Waals surface area contributed by atoms with Crippen molar-refractivity contribution in [3.63, 3.8) is 0 Å². The molecule has 0 saturated carbocycles. The van der Waals surface area contributed by atoms with E-state index in [9.17, 15) is 4.79 Å². The van der Waals surface area contributed by atoms with E-state index in [-0.39, 0.29) is 18.1 Å². The lowest BCUT2D eigenvalue weighted by Crippen LogP contribution is -2.37. The van der Waals surface area contributed by atoms with E-state index in [4.69, 9.17) is 14.2 Å². The van der Waals surface area contributed by atoms with Gasteiger partial charge in [-0.1, -0.05) is 12.1 Å². The maximum absolute atomic E-state index is 12.6. The molecule has 1 fully saturated rings. The van der Waals surface area contributed by atoms with Crippen molar-refractivity contribution in [1.82, 2.24) is 4.90 Å². The summed E-state index contributed by atoms with van der Waals surface area (Å²) in [7, 11) is 4.97. The van der Waals surface area contributed by atoms with Gasteiger partial charge in [0.15, 0.2) is 0 Å². The van der Waals surface area contributed by atoms with E-state index >= 15 is 0 Å². The SMILES string of the molecule is COC[C@@H]1C[C@H](OC)CN1C(=O)/C=C(\C)c1cccc(OC)c1. The summed E-state index contributed by atoms with van der Waals surface area (Å²) in [6.07, 6.45) is 2.56. The van der Waals surface area contributed by atoms with E-state index in [2.05, 4.69) is 0 Å². The Labute approximate surface area is 137 Å². The number of ether oxygens (including phenoxy) is 3. The minimum absolute atomic E-state index is 0.00748. The molecule has 0 radical (unpaired) electrons. The summed E-state index contributed by atoms with van der Waals surface area (Å²) in [6.45, 7) is 3.06. The highest BCUT2D eigenvalue weighted by atomic mass is 16.5. The topological polar surface area (TPSA) is 48.0 Å². The van der Waals surface area contributed by atoms with Gasteiger partial charge in [-0.3, -0.25) is 4.79 Å². The molecule has 126 valence electrons. The van der Waals surface area contributed by atoms with Crippen LogP contribution in [0.1, 0.15) is 18.9 Å². The van der Waals surface area contributed by atoms with Crippen molar-refractivity contribution < 1.29 is 19.0 Å². The number of carbonyl (C=O) groups is 1. The van der Waals surface area contributed by atoms with Gasteiger partial charge in [0, 0.05) is 26.8 Å². The molecule has 5 nitrogen and oxygen atoms in total. The zero-order chi connectivity index (χ0) is 16.8. The maximum atomic E-state index is 12.6. The van der Waals surface area contributed by atoms with Gasteiger partial charge in [0.25, 0.3) is 0 Å². The number of benzene rings is 1. The van der Waals surface area contributed by atoms with Gasteiger partial charge in [-0.05, 0) is 36.6 Å². The molecule has 0 aromatic heterocycles. The van der Waals surface area contributed by atoms with Gasteiger partial charge in [-0.2, -0.15) is 0 Å². The molecule has 0 N–H and O–H groups in total. The Balaban J connectivity index is 2.14. The van der Waals surface area contributed by atoms with E-state index < -0.39 is 0 Å². The zero-order valence-corrected chi connectivity index (χ0v) is 14.2. The molecular formula is C18H25NO4. The fraction of sp³-hybridized carbons (Fsp3) is 0.500. The second-order valence-corrected chi connectivity index (χ2v) is 5.75. The molecule has 1 heterocycles. The molecule has 1 aromatic carbocycles. The average molecular weight is 319 g/mol. The maximum Gasteiger partial charge on any atom is 0.247 e. The van der Waals surface area contributed by atoms with Gasteiger partial charge in [-0.25, -0.2) is 0 Å². The molecule has 23 heavy (non-hydrogen) atoms. The summed E-state index contributed by atoms with van der Waals surface area (Å²) in [6, 6.07) is 7.76. The van der Waals surface area contributed by atoms with Crippen LogP contribution in [-0.4, -0.2) is 57.4 Å². The standard InChI is InChI=1S/C18H25NO4/c1-13(14-6-5-7-16(9-14)22-3)8-18(20)19-11-17(23-4)10-15(19)12-21-2/h5-9,15,17H,10-12H2,1-4H3/b13-8+/t15-,17-/m0/s1. The first kappa shape index (κ1) is 17.5. The molecule has 2 rings (SSSR count). The van der Waals surface area contributed by atoms with Crippen LogP contribution in [-0.2, 0) is 14.3 Å². The predicted molar refractivity (Wildman–Crippen MR) is 89.4 cm³/mol. The van der Waals surface area contributed by atoms with Crippen molar-refractivity contribution in [3.05, 3.63) is 35.9 Å². The Hall–Kier alpha value is -1.85. The van der Waals surface area contributed by atoms with Gasteiger partial charge >= 0.3 is 0 Å². The van der Waals surface area contributed by atoms with Gasteiger partial charge in [0.1, 0.15) is 5.75 Å². The highest BCUT2D eigenvalue weighted by Crippen LogP contribution is 2.23. The second-order valence-electron chi connectivity index (χ2n) is 5.75. The van der Waals surface area contributed by atoms with E-state index in [1.54, 1.807) is 27.4 Å². The summed E-state index contributed by atoms with van der Waals surface area (Å²) in [5.41, 5.74) is 1.88. The molecule has 5 heteroatoms. The predicted octanol–water partition coefficient (Wildman–Crippen LogP) is 2.36. The van der Waals surface area contributed by atoms with Crippen molar-refractivity contribution in [2.75, 3.05) is 34.5 Å². The van der Waals surface area contributed by atoms with Crippen LogP contribution in [0.5, 0.6) is 5.75 Å². The number of hydrogen-bond donors (Lipinski definition) is 0. The Bertz CT molecular complexity index is 570. The number of allylic oxidation sites excluding steroid dienone is 1. The van der Waals surface area contributed by atoms with Gasteiger partial charge in [-0.15, -0.1) is 0 Å². The van der Waals surface area contributed by atoms with Crippen molar-refractivity contribution in [2.24, 2.45) is 0 Å². The Morgan fingerprint density at radius 3 is 2.78 bits per heavy atom. The number of amides is 1. The quantitative estimate of drug-likeness (QED) is 0.755. The molecule has 1 aromatic rings. The van der Waals surface area contributed by atoms with Crippen LogP contribution >= 0.6 is 0 Å². The third-order valence-electron chi connectivity index (χ3n) is 4.22. The first-order valence-corrected chi connectivity index (χ1v) is 7.74. The smallest absolute Gasteiger partial charge is 0.247 e. The van der Waals surface area contributed by atoms with Crippen LogP contribution in [0.4, 0.5) is 0 Å². The average Bonchev–Trinajstić information content (AvgIpc) is 2.98. The molecular weight excluding hydrogens is 294 g/mol. The molecule has 0 spiro atoms. The number of carbonyl (C=O) groups excluding carboxylic acids is 1. The monoisotopic (exact) mass is 319 g/mol. The van der Waals surface area contributed by atoms with E-state index in [1.165, 1.54) is 0 Å². The lowest BCUT2D eigenvalue weighted by molar-refractivity contribution is -0.127. The molecule has 1 saturated heterocycles. The first-order chi connectivity index (χ1) is 11.1. The number of methoxy groups -OCH3 is 3. The number of rotatable bonds is 6. The lowest BCUT2D eigenvalue weighted by atomic mass is 10.1. The van der Waals surface area contributed by atoms with Crippen LogP contribution < -0.4 is 4.74 Å². The van der Waals surface area contributed by atoms with E-state index in [0.29, 0.717) is 13.2 Å². The Morgan fingerprint density at radius 1 is 1.35 bits per heavy atom. The van der Waals surface area contributed by atoms with Crippen molar-refractivity contribution >= 4 is 11.5 Å². The van der Waals surface area contributed by atoms with Crippen molar-refractivity contribution in [2.45, 2.75) is 25.5 Å². The fourth-order valence-electron chi connectivity index (χ4n) is 2.88. The van der Waals surface area contributed by atoms with Crippen LogP contribution in [0, 0.1) is 0 Å². The Kier molecular flexibility index (Phi) is 6.19. The zero-order valence-electron chi connectivity index (χ0n) is 14.2. The number of likely N-dealkylation sites (tertiary alicyclic amines) is 1. The normalized spacial score (nSPS) is 21.6. The molecule has 0 aliphatic carbocycles. The van der Waals surface area contributed by atoms with Crippen LogP contribution in [0.25, 0.3) is 5.57 Å². The highest BCUT2D eigenvalue weighted by Gasteiger charge is 2.34. The molecule has 1 aliphatic rings. The molecule has 1 aliphatic heterocycles. The minimum atomic E-state index is -0.00748. The highest BCUT2D eigenvalue weighted by molar-refractivity contribution is 5.95. The molecule has 0 unspecified atom stereocenters.